The van der Waals surface area contributed by atoms with Gasteiger partial charge in [-0.25, -0.2) is 4.98 Å². The van der Waals surface area contributed by atoms with E-state index in [4.69, 9.17) is 0 Å². The fraction of sp³-hybridized carbons (Fsp3) is 0.833. The number of hydrogen-bond acceptors (Lipinski definition) is 5. The minimum absolute atomic E-state index is 0.434. The van der Waals surface area contributed by atoms with Gasteiger partial charge in [-0.05, 0) is 19.1 Å². The van der Waals surface area contributed by atoms with Crippen LogP contribution in [-0.4, -0.2) is 34.0 Å². The summed E-state index contributed by atoms with van der Waals surface area (Å²) in [5.41, 5.74) is 0. The van der Waals surface area contributed by atoms with E-state index in [-0.39, 0.29) is 0 Å². The second-order valence-corrected chi connectivity index (χ2v) is 6.76. The molecule has 5 heteroatoms. The Kier molecular flexibility index (Phi) is 4.68. The first kappa shape index (κ1) is 13.1. The fourth-order valence-electron chi connectivity index (χ4n) is 2.06. The van der Waals surface area contributed by atoms with E-state index in [1.165, 1.54) is 19.3 Å². The van der Waals surface area contributed by atoms with Crippen molar-refractivity contribution in [2.45, 2.75) is 44.3 Å². The van der Waals surface area contributed by atoms with E-state index in [0.29, 0.717) is 5.92 Å². The second kappa shape index (κ2) is 6.05. The van der Waals surface area contributed by atoms with E-state index >= 15 is 0 Å². The molecule has 1 aliphatic rings. The van der Waals surface area contributed by atoms with Crippen LogP contribution in [0.1, 0.15) is 44.9 Å². The van der Waals surface area contributed by atoms with Crippen LogP contribution in [-0.2, 0) is 0 Å². The van der Waals surface area contributed by atoms with Crippen LogP contribution < -0.4 is 4.90 Å². The Morgan fingerprint density at radius 1 is 1.41 bits per heavy atom. The predicted octanol–water partition coefficient (Wildman–Crippen LogP) is 3.38. The number of thioether (sulfide) groups is 1. The van der Waals surface area contributed by atoms with Crippen molar-refractivity contribution in [2.24, 2.45) is 0 Å². The molecule has 1 aliphatic heterocycles. The Morgan fingerprint density at radius 3 is 2.88 bits per heavy atom. The molecule has 17 heavy (non-hydrogen) atoms. The van der Waals surface area contributed by atoms with Gasteiger partial charge in [0.25, 0.3) is 0 Å². The normalized spacial score (nSPS) is 21.9. The van der Waals surface area contributed by atoms with Crippen LogP contribution in [0, 0.1) is 0 Å². The molecule has 1 unspecified atom stereocenters. The smallest absolute Gasteiger partial charge is 0.205 e. The first-order valence-electron chi connectivity index (χ1n) is 6.32. The van der Waals surface area contributed by atoms with Gasteiger partial charge in [0.05, 0.1) is 0 Å². The molecule has 0 aromatic carbocycles. The van der Waals surface area contributed by atoms with E-state index in [1.54, 1.807) is 11.5 Å². The summed E-state index contributed by atoms with van der Waals surface area (Å²) in [6, 6.07) is 0. The standard InChI is InChI=1S/C12H21N3S2/c1-9(2)11-13-12(17-14-11)15-7-5-4-6-10(8-15)16-3/h9-10H,4-8H2,1-3H3. The third kappa shape index (κ3) is 3.35. The summed E-state index contributed by atoms with van der Waals surface area (Å²) in [5.74, 6) is 1.43. The van der Waals surface area contributed by atoms with E-state index in [1.807, 2.05) is 11.8 Å². The average Bonchev–Trinajstić information content (AvgIpc) is 2.69. The van der Waals surface area contributed by atoms with Gasteiger partial charge in [-0.3, -0.25) is 0 Å². The van der Waals surface area contributed by atoms with E-state index in [2.05, 4.69) is 34.4 Å². The SMILES string of the molecule is CSC1CCCCN(c2nc(C(C)C)ns2)C1. The molecule has 96 valence electrons. The molecule has 0 N–H and O–H groups in total. The third-order valence-electron chi connectivity index (χ3n) is 3.18. The van der Waals surface area contributed by atoms with E-state index in [0.717, 1.165) is 29.3 Å². The van der Waals surface area contributed by atoms with E-state index < -0.39 is 0 Å². The van der Waals surface area contributed by atoms with Crippen LogP contribution in [0.25, 0.3) is 0 Å². The molecule has 2 rings (SSSR count). The Morgan fingerprint density at radius 2 is 2.24 bits per heavy atom. The summed E-state index contributed by atoms with van der Waals surface area (Å²) >= 11 is 3.55. The maximum absolute atomic E-state index is 4.67. The number of anilines is 1. The Hall–Kier alpha value is -0.290. The molecule has 3 nitrogen and oxygen atoms in total. The van der Waals surface area contributed by atoms with Gasteiger partial charge < -0.3 is 4.90 Å². The molecule has 1 fully saturated rings. The van der Waals surface area contributed by atoms with Gasteiger partial charge in [-0.2, -0.15) is 16.1 Å². The van der Waals surface area contributed by atoms with Crippen LogP contribution >= 0.6 is 23.3 Å². The number of nitrogens with zero attached hydrogens (tertiary/aromatic N) is 3. The molecule has 1 aromatic rings. The molecule has 0 amide bonds. The highest BCUT2D eigenvalue weighted by molar-refractivity contribution is 7.99. The zero-order valence-electron chi connectivity index (χ0n) is 10.8. The molecule has 1 saturated heterocycles. The molecule has 1 atom stereocenters. The molecule has 0 radical (unpaired) electrons. The van der Waals surface area contributed by atoms with Crippen LogP contribution in [0.2, 0.25) is 0 Å². The predicted molar refractivity (Wildman–Crippen MR) is 77.4 cm³/mol. The molecule has 0 aliphatic carbocycles. The van der Waals surface area contributed by atoms with Gasteiger partial charge in [0.15, 0.2) is 0 Å². The van der Waals surface area contributed by atoms with Crippen molar-refractivity contribution in [1.29, 1.82) is 0 Å². The Balaban J connectivity index is 2.08. The monoisotopic (exact) mass is 271 g/mol. The lowest BCUT2D eigenvalue weighted by molar-refractivity contribution is 0.736. The maximum Gasteiger partial charge on any atom is 0.205 e. The number of aromatic nitrogens is 2. The van der Waals surface area contributed by atoms with Gasteiger partial charge in [0.2, 0.25) is 5.13 Å². The molecule has 0 spiro atoms. The highest BCUT2D eigenvalue weighted by atomic mass is 32.2. The zero-order chi connectivity index (χ0) is 12.3. The lowest BCUT2D eigenvalue weighted by Gasteiger charge is -2.22. The largest absolute Gasteiger partial charge is 0.346 e. The maximum atomic E-state index is 4.67. The highest BCUT2D eigenvalue weighted by Crippen LogP contribution is 2.27. The summed E-state index contributed by atoms with van der Waals surface area (Å²) in [6.45, 7) is 6.58. The quantitative estimate of drug-likeness (QED) is 0.843. The van der Waals surface area contributed by atoms with Crippen molar-refractivity contribution in [3.05, 3.63) is 5.82 Å². The van der Waals surface area contributed by atoms with Crippen LogP contribution in [0.4, 0.5) is 5.13 Å². The first-order chi connectivity index (χ1) is 8.20. The minimum Gasteiger partial charge on any atom is -0.346 e. The lowest BCUT2D eigenvalue weighted by Crippen LogP contribution is -2.29. The van der Waals surface area contributed by atoms with Gasteiger partial charge in [-0.1, -0.05) is 20.3 Å². The topological polar surface area (TPSA) is 29.0 Å². The van der Waals surface area contributed by atoms with Gasteiger partial charge >= 0.3 is 0 Å². The van der Waals surface area contributed by atoms with Crippen LogP contribution in [0.15, 0.2) is 0 Å². The third-order valence-corrected chi connectivity index (χ3v) is 5.02. The van der Waals surface area contributed by atoms with Crippen LogP contribution in [0.3, 0.4) is 0 Å². The van der Waals surface area contributed by atoms with Crippen molar-refractivity contribution in [2.75, 3.05) is 24.2 Å². The minimum atomic E-state index is 0.434. The van der Waals surface area contributed by atoms with Gasteiger partial charge in [0, 0.05) is 35.8 Å². The molecular weight excluding hydrogens is 250 g/mol. The summed E-state index contributed by atoms with van der Waals surface area (Å²) in [5, 5.41) is 1.87. The van der Waals surface area contributed by atoms with Crippen molar-refractivity contribution >= 4 is 28.4 Å². The average molecular weight is 271 g/mol. The number of rotatable bonds is 3. The summed E-state index contributed by atoms with van der Waals surface area (Å²) < 4.78 is 4.45. The van der Waals surface area contributed by atoms with Crippen molar-refractivity contribution in [3.8, 4) is 0 Å². The Bertz CT molecular complexity index is 351. The molecule has 0 saturated carbocycles. The van der Waals surface area contributed by atoms with Crippen LogP contribution in [0.5, 0.6) is 0 Å². The summed E-state index contributed by atoms with van der Waals surface area (Å²) in [4.78, 5) is 7.10. The lowest BCUT2D eigenvalue weighted by atomic mass is 10.2. The molecule has 0 bridgehead atoms. The fourth-order valence-corrected chi connectivity index (χ4v) is 3.63. The number of hydrogen-bond donors (Lipinski definition) is 0. The zero-order valence-corrected chi connectivity index (χ0v) is 12.5. The summed E-state index contributed by atoms with van der Waals surface area (Å²) in [7, 11) is 0. The first-order valence-corrected chi connectivity index (χ1v) is 8.38. The van der Waals surface area contributed by atoms with Crippen molar-refractivity contribution < 1.29 is 0 Å². The van der Waals surface area contributed by atoms with Gasteiger partial charge in [-0.15, -0.1) is 0 Å². The summed E-state index contributed by atoms with van der Waals surface area (Å²) in [6.07, 6.45) is 6.19. The molecule has 2 heterocycles. The van der Waals surface area contributed by atoms with Gasteiger partial charge in [0.1, 0.15) is 5.82 Å². The molecular formula is C12H21N3S2. The second-order valence-electron chi connectivity index (χ2n) is 4.89. The van der Waals surface area contributed by atoms with Crippen molar-refractivity contribution in [1.82, 2.24) is 9.36 Å². The Labute approximate surface area is 112 Å². The molecule has 1 aromatic heterocycles. The van der Waals surface area contributed by atoms with E-state index in [9.17, 15) is 0 Å². The van der Waals surface area contributed by atoms with Crippen molar-refractivity contribution in [3.63, 3.8) is 0 Å². The highest BCUT2D eigenvalue weighted by Gasteiger charge is 2.20.